The second-order valence-electron chi connectivity index (χ2n) is 5.44. The molecule has 2 aromatic carbocycles. The van der Waals surface area contributed by atoms with Gasteiger partial charge in [0.25, 0.3) is 5.91 Å². The minimum absolute atomic E-state index is 0.298. The summed E-state index contributed by atoms with van der Waals surface area (Å²) in [6.45, 7) is 0. The number of pyridine rings is 1. The van der Waals surface area contributed by atoms with E-state index in [9.17, 15) is 4.79 Å². The Bertz CT molecular complexity index is 914. The van der Waals surface area contributed by atoms with Crippen molar-refractivity contribution >= 4 is 23.0 Å². The summed E-state index contributed by atoms with van der Waals surface area (Å²) in [7, 11) is 1.94. The molecule has 0 aliphatic rings. The normalized spacial score (nSPS) is 9.92. The van der Waals surface area contributed by atoms with Crippen molar-refractivity contribution < 1.29 is 4.79 Å². The summed E-state index contributed by atoms with van der Waals surface area (Å²) >= 11 is 0. The van der Waals surface area contributed by atoms with Crippen LogP contribution in [0.4, 0.5) is 17.1 Å². The first-order chi connectivity index (χ1) is 12.2. The molecule has 0 aliphatic carbocycles. The third-order valence-corrected chi connectivity index (χ3v) is 3.78. The van der Waals surface area contributed by atoms with Crippen LogP contribution >= 0.6 is 0 Å². The van der Waals surface area contributed by atoms with E-state index in [1.807, 2.05) is 54.4 Å². The highest BCUT2D eigenvalue weighted by Crippen LogP contribution is 2.23. The number of carbonyl (C=O) groups excluding carboxylic acids is 1. The maximum absolute atomic E-state index is 12.4. The Balaban J connectivity index is 1.78. The Labute approximate surface area is 146 Å². The van der Waals surface area contributed by atoms with Gasteiger partial charge in [-0.3, -0.25) is 9.78 Å². The van der Waals surface area contributed by atoms with Crippen molar-refractivity contribution in [1.82, 2.24) is 4.98 Å². The highest BCUT2D eigenvalue weighted by Gasteiger charge is 2.11. The number of nitrogens with one attached hydrogen (secondary N) is 1. The van der Waals surface area contributed by atoms with Gasteiger partial charge in [0.1, 0.15) is 5.69 Å². The number of hydrogen-bond acceptors (Lipinski definition) is 4. The van der Waals surface area contributed by atoms with Crippen molar-refractivity contribution in [2.75, 3.05) is 17.3 Å². The van der Waals surface area contributed by atoms with E-state index in [1.165, 1.54) is 0 Å². The van der Waals surface area contributed by atoms with E-state index in [0.29, 0.717) is 16.9 Å². The molecule has 0 saturated heterocycles. The second kappa shape index (κ2) is 7.28. The zero-order valence-electron chi connectivity index (χ0n) is 13.7. The SMILES string of the molecule is CN(c1ccccc1)c1ccnc(C(=O)Nc2ccc(C#N)cc2)c1. The lowest BCUT2D eigenvalue weighted by atomic mass is 10.2. The first kappa shape index (κ1) is 16.2. The number of benzene rings is 2. The maximum atomic E-state index is 12.4. The Morgan fingerprint density at radius 3 is 2.44 bits per heavy atom. The number of anilines is 3. The summed E-state index contributed by atoms with van der Waals surface area (Å²) in [5.41, 5.74) is 3.37. The van der Waals surface area contributed by atoms with E-state index in [1.54, 1.807) is 36.5 Å². The molecule has 0 bridgehead atoms. The summed E-state index contributed by atoms with van der Waals surface area (Å²) in [4.78, 5) is 18.6. The number of rotatable bonds is 4. The molecule has 0 unspecified atom stereocenters. The molecule has 0 radical (unpaired) electrons. The summed E-state index contributed by atoms with van der Waals surface area (Å²) < 4.78 is 0. The van der Waals surface area contributed by atoms with Crippen LogP contribution in [0.1, 0.15) is 16.1 Å². The molecule has 0 saturated carbocycles. The van der Waals surface area contributed by atoms with Crippen LogP contribution < -0.4 is 10.2 Å². The van der Waals surface area contributed by atoms with E-state index >= 15 is 0 Å². The van der Waals surface area contributed by atoms with Crippen LogP contribution in [0, 0.1) is 11.3 Å². The van der Waals surface area contributed by atoms with Crippen LogP contribution in [0.2, 0.25) is 0 Å². The molecule has 0 aliphatic heterocycles. The van der Waals surface area contributed by atoms with Gasteiger partial charge in [0, 0.05) is 30.3 Å². The van der Waals surface area contributed by atoms with Gasteiger partial charge in [-0.1, -0.05) is 18.2 Å². The standard InChI is InChI=1S/C20H16N4O/c1-24(17-5-3-2-4-6-17)18-11-12-22-19(13-18)20(25)23-16-9-7-15(14-21)8-10-16/h2-13H,1H3,(H,23,25). The van der Waals surface area contributed by atoms with Gasteiger partial charge in [-0.15, -0.1) is 0 Å². The highest BCUT2D eigenvalue weighted by atomic mass is 16.1. The minimum atomic E-state index is -0.298. The number of carbonyl (C=O) groups is 1. The molecule has 25 heavy (non-hydrogen) atoms. The van der Waals surface area contributed by atoms with Gasteiger partial charge in [0.15, 0.2) is 0 Å². The number of aromatic nitrogens is 1. The fraction of sp³-hybridized carbons (Fsp3) is 0.0500. The van der Waals surface area contributed by atoms with Gasteiger partial charge in [0.2, 0.25) is 0 Å². The fourth-order valence-electron chi connectivity index (χ4n) is 2.38. The van der Waals surface area contributed by atoms with Crippen molar-refractivity contribution in [3.63, 3.8) is 0 Å². The van der Waals surface area contributed by atoms with Crippen molar-refractivity contribution in [2.45, 2.75) is 0 Å². The molecule has 0 spiro atoms. The first-order valence-corrected chi connectivity index (χ1v) is 7.74. The summed E-state index contributed by atoms with van der Waals surface area (Å²) in [5, 5.41) is 11.6. The average molecular weight is 328 g/mol. The van der Waals surface area contributed by atoms with Gasteiger partial charge in [-0.05, 0) is 48.5 Å². The lowest BCUT2D eigenvalue weighted by molar-refractivity contribution is 0.102. The molecule has 5 nitrogen and oxygen atoms in total. The largest absolute Gasteiger partial charge is 0.345 e. The van der Waals surface area contributed by atoms with Gasteiger partial charge in [-0.25, -0.2) is 0 Å². The van der Waals surface area contributed by atoms with Crippen LogP contribution in [0.25, 0.3) is 0 Å². The van der Waals surface area contributed by atoms with Crippen LogP contribution in [0.15, 0.2) is 72.9 Å². The summed E-state index contributed by atoms with van der Waals surface area (Å²) in [6, 6.07) is 22.2. The molecule has 0 atom stereocenters. The maximum Gasteiger partial charge on any atom is 0.274 e. The Morgan fingerprint density at radius 1 is 1.04 bits per heavy atom. The molecule has 1 amide bonds. The molecular formula is C20H16N4O. The summed E-state index contributed by atoms with van der Waals surface area (Å²) in [5.74, 6) is -0.298. The topological polar surface area (TPSA) is 69.0 Å². The predicted molar refractivity (Wildman–Crippen MR) is 97.9 cm³/mol. The number of para-hydroxylation sites is 1. The van der Waals surface area contributed by atoms with Gasteiger partial charge in [0.05, 0.1) is 11.6 Å². The minimum Gasteiger partial charge on any atom is -0.345 e. The zero-order chi connectivity index (χ0) is 17.6. The van der Waals surface area contributed by atoms with Crippen LogP contribution in [-0.2, 0) is 0 Å². The number of amides is 1. The molecule has 3 rings (SSSR count). The molecule has 0 fully saturated rings. The van der Waals surface area contributed by atoms with Gasteiger partial charge >= 0.3 is 0 Å². The number of hydrogen-bond donors (Lipinski definition) is 1. The quantitative estimate of drug-likeness (QED) is 0.786. The average Bonchev–Trinajstić information content (AvgIpc) is 2.68. The second-order valence-corrected chi connectivity index (χ2v) is 5.44. The van der Waals surface area contributed by atoms with Crippen molar-refractivity contribution in [3.05, 3.63) is 84.2 Å². The Morgan fingerprint density at radius 2 is 1.76 bits per heavy atom. The molecule has 1 heterocycles. The van der Waals surface area contributed by atoms with E-state index < -0.39 is 0 Å². The van der Waals surface area contributed by atoms with Crippen molar-refractivity contribution in [2.24, 2.45) is 0 Å². The fourth-order valence-corrected chi connectivity index (χ4v) is 2.38. The number of nitrogens with zero attached hydrogens (tertiary/aromatic N) is 3. The lowest BCUT2D eigenvalue weighted by Crippen LogP contribution is -2.15. The Hall–Kier alpha value is -3.65. The highest BCUT2D eigenvalue weighted by molar-refractivity contribution is 6.03. The van der Waals surface area contributed by atoms with Crippen molar-refractivity contribution in [1.29, 1.82) is 5.26 Å². The van der Waals surface area contributed by atoms with Crippen LogP contribution in [0.3, 0.4) is 0 Å². The molecule has 3 aromatic rings. The van der Waals surface area contributed by atoms with Crippen molar-refractivity contribution in [3.8, 4) is 6.07 Å². The van der Waals surface area contributed by atoms with Crippen LogP contribution in [-0.4, -0.2) is 17.9 Å². The lowest BCUT2D eigenvalue weighted by Gasteiger charge is -2.19. The third kappa shape index (κ3) is 3.82. The van der Waals surface area contributed by atoms with E-state index in [2.05, 4.69) is 10.3 Å². The van der Waals surface area contributed by atoms with E-state index in [4.69, 9.17) is 5.26 Å². The van der Waals surface area contributed by atoms with E-state index in [-0.39, 0.29) is 5.91 Å². The zero-order valence-corrected chi connectivity index (χ0v) is 13.7. The van der Waals surface area contributed by atoms with Gasteiger partial charge in [-0.2, -0.15) is 5.26 Å². The third-order valence-electron chi connectivity index (χ3n) is 3.78. The van der Waals surface area contributed by atoms with E-state index in [0.717, 1.165) is 11.4 Å². The van der Waals surface area contributed by atoms with Gasteiger partial charge < -0.3 is 10.2 Å². The molecular weight excluding hydrogens is 312 g/mol. The van der Waals surface area contributed by atoms with Crippen LogP contribution in [0.5, 0.6) is 0 Å². The predicted octanol–water partition coefficient (Wildman–Crippen LogP) is 3.97. The summed E-state index contributed by atoms with van der Waals surface area (Å²) in [6.07, 6.45) is 1.61. The first-order valence-electron chi connectivity index (χ1n) is 7.74. The number of nitriles is 1. The Kier molecular flexibility index (Phi) is 4.72. The monoisotopic (exact) mass is 328 g/mol. The molecule has 5 heteroatoms. The molecule has 1 N–H and O–H groups in total. The molecule has 1 aromatic heterocycles. The smallest absolute Gasteiger partial charge is 0.274 e. The molecule has 122 valence electrons.